The second kappa shape index (κ2) is 7.25. The van der Waals surface area contributed by atoms with Crippen molar-refractivity contribution >= 4 is 5.91 Å². The summed E-state index contributed by atoms with van der Waals surface area (Å²) >= 11 is 0. The third kappa shape index (κ3) is 4.77. The molecule has 2 fully saturated rings. The molecule has 2 unspecified atom stereocenters. The van der Waals surface area contributed by atoms with Crippen LogP contribution in [-0.2, 0) is 4.79 Å². The SMILES string of the molecule is CC1CN(CC(=O)N2CCCCCCC2)CC(C)N1. The smallest absolute Gasteiger partial charge is 0.236 e. The van der Waals surface area contributed by atoms with Crippen molar-refractivity contribution in [3.05, 3.63) is 0 Å². The van der Waals surface area contributed by atoms with Crippen molar-refractivity contribution in [1.29, 1.82) is 0 Å². The zero-order chi connectivity index (χ0) is 13.7. The van der Waals surface area contributed by atoms with Crippen LogP contribution in [0.3, 0.4) is 0 Å². The molecule has 4 nitrogen and oxygen atoms in total. The maximum absolute atomic E-state index is 12.4. The highest BCUT2D eigenvalue weighted by Crippen LogP contribution is 2.11. The molecule has 0 aliphatic carbocycles. The molecule has 2 atom stereocenters. The monoisotopic (exact) mass is 267 g/mol. The summed E-state index contributed by atoms with van der Waals surface area (Å²) in [5.41, 5.74) is 0. The summed E-state index contributed by atoms with van der Waals surface area (Å²) in [7, 11) is 0. The summed E-state index contributed by atoms with van der Waals surface area (Å²) < 4.78 is 0. The molecule has 1 amide bonds. The summed E-state index contributed by atoms with van der Waals surface area (Å²) in [6.45, 7) is 8.92. The molecule has 0 saturated carbocycles. The van der Waals surface area contributed by atoms with Gasteiger partial charge in [0.1, 0.15) is 0 Å². The highest BCUT2D eigenvalue weighted by atomic mass is 16.2. The topological polar surface area (TPSA) is 35.6 Å². The third-order valence-electron chi connectivity index (χ3n) is 4.20. The van der Waals surface area contributed by atoms with Crippen molar-refractivity contribution in [3.8, 4) is 0 Å². The molecular formula is C15H29N3O. The number of amides is 1. The van der Waals surface area contributed by atoms with Crippen LogP contribution in [0.4, 0.5) is 0 Å². The van der Waals surface area contributed by atoms with Gasteiger partial charge in [0, 0.05) is 38.3 Å². The number of nitrogens with one attached hydrogen (secondary N) is 1. The number of carbonyl (C=O) groups is 1. The minimum absolute atomic E-state index is 0.336. The fourth-order valence-electron chi connectivity index (χ4n) is 3.36. The molecule has 0 aromatic heterocycles. The summed E-state index contributed by atoms with van der Waals surface area (Å²) in [5, 5.41) is 3.51. The molecule has 19 heavy (non-hydrogen) atoms. The minimum atomic E-state index is 0.336. The Kier molecular flexibility index (Phi) is 5.64. The molecule has 0 bridgehead atoms. The third-order valence-corrected chi connectivity index (χ3v) is 4.20. The Morgan fingerprint density at radius 2 is 1.53 bits per heavy atom. The van der Waals surface area contributed by atoms with E-state index in [2.05, 4.69) is 29.0 Å². The van der Waals surface area contributed by atoms with Gasteiger partial charge in [0.15, 0.2) is 0 Å². The van der Waals surface area contributed by atoms with Gasteiger partial charge in [0.2, 0.25) is 5.91 Å². The number of carbonyl (C=O) groups excluding carboxylic acids is 1. The van der Waals surface area contributed by atoms with Crippen LogP contribution >= 0.6 is 0 Å². The van der Waals surface area contributed by atoms with Crippen LogP contribution in [0.5, 0.6) is 0 Å². The van der Waals surface area contributed by atoms with E-state index in [0.29, 0.717) is 24.5 Å². The van der Waals surface area contributed by atoms with E-state index >= 15 is 0 Å². The average molecular weight is 267 g/mol. The Hall–Kier alpha value is -0.610. The zero-order valence-corrected chi connectivity index (χ0v) is 12.5. The molecule has 0 spiro atoms. The molecule has 2 heterocycles. The second-order valence-electron chi connectivity index (χ2n) is 6.31. The van der Waals surface area contributed by atoms with Gasteiger partial charge in [-0.2, -0.15) is 0 Å². The highest BCUT2D eigenvalue weighted by Gasteiger charge is 2.24. The van der Waals surface area contributed by atoms with Crippen LogP contribution in [0, 0.1) is 0 Å². The second-order valence-corrected chi connectivity index (χ2v) is 6.31. The Morgan fingerprint density at radius 3 is 2.11 bits per heavy atom. The normalized spacial score (nSPS) is 30.7. The van der Waals surface area contributed by atoms with Crippen LogP contribution < -0.4 is 5.32 Å². The van der Waals surface area contributed by atoms with Gasteiger partial charge in [-0.15, -0.1) is 0 Å². The number of hydrogen-bond donors (Lipinski definition) is 1. The van der Waals surface area contributed by atoms with Gasteiger partial charge in [0.25, 0.3) is 0 Å². The Labute approximate surface area is 117 Å². The average Bonchev–Trinajstić information content (AvgIpc) is 2.26. The van der Waals surface area contributed by atoms with Crippen molar-refractivity contribution in [2.45, 2.75) is 58.0 Å². The van der Waals surface area contributed by atoms with E-state index in [-0.39, 0.29) is 0 Å². The molecular weight excluding hydrogens is 238 g/mol. The van der Waals surface area contributed by atoms with Crippen LogP contribution in [0.15, 0.2) is 0 Å². The van der Waals surface area contributed by atoms with Gasteiger partial charge < -0.3 is 10.2 Å². The standard InChI is InChI=1S/C15H29N3O/c1-13-10-17(11-14(2)16-13)12-15(19)18-8-6-4-3-5-7-9-18/h13-14,16H,3-12H2,1-2H3. The number of rotatable bonds is 2. The molecule has 1 N–H and O–H groups in total. The molecule has 110 valence electrons. The van der Waals surface area contributed by atoms with Crippen LogP contribution in [0.25, 0.3) is 0 Å². The van der Waals surface area contributed by atoms with Gasteiger partial charge >= 0.3 is 0 Å². The number of likely N-dealkylation sites (tertiary alicyclic amines) is 1. The van der Waals surface area contributed by atoms with E-state index in [0.717, 1.165) is 26.2 Å². The quantitative estimate of drug-likeness (QED) is 0.823. The maximum Gasteiger partial charge on any atom is 0.236 e. The predicted molar refractivity (Wildman–Crippen MR) is 78.2 cm³/mol. The van der Waals surface area contributed by atoms with Crippen molar-refractivity contribution in [2.75, 3.05) is 32.7 Å². The lowest BCUT2D eigenvalue weighted by Gasteiger charge is -2.37. The lowest BCUT2D eigenvalue weighted by Crippen LogP contribution is -2.56. The first-order valence-electron chi connectivity index (χ1n) is 7.91. The van der Waals surface area contributed by atoms with Gasteiger partial charge in [-0.25, -0.2) is 0 Å². The van der Waals surface area contributed by atoms with E-state index in [1.165, 1.54) is 32.1 Å². The molecule has 4 heteroatoms. The largest absolute Gasteiger partial charge is 0.342 e. The lowest BCUT2D eigenvalue weighted by molar-refractivity contribution is -0.133. The summed E-state index contributed by atoms with van der Waals surface area (Å²) in [6, 6.07) is 0.979. The molecule has 2 aliphatic heterocycles. The maximum atomic E-state index is 12.4. The zero-order valence-electron chi connectivity index (χ0n) is 12.5. The van der Waals surface area contributed by atoms with E-state index < -0.39 is 0 Å². The summed E-state index contributed by atoms with van der Waals surface area (Å²) in [5.74, 6) is 0.336. The molecule has 0 radical (unpaired) electrons. The van der Waals surface area contributed by atoms with Crippen molar-refractivity contribution in [2.24, 2.45) is 0 Å². The minimum Gasteiger partial charge on any atom is -0.342 e. The van der Waals surface area contributed by atoms with E-state index in [1.807, 2.05) is 0 Å². The molecule has 0 aromatic rings. The Morgan fingerprint density at radius 1 is 1.00 bits per heavy atom. The fraction of sp³-hybridized carbons (Fsp3) is 0.933. The first kappa shape index (κ1) is 14.8. The predicted octanol–water partition coefficient (Wildman–Crippen LogP) is 1.46. The van der Waals surface area contributed by atoms with Gasteiger partial charge in [-0.1, -0.05) is 19.3 Å². The molecule has 2 saturated heterocycles. The molecule has 0 aromatic carbocycles. The molecule has 2 aliphatic rings. The van der Waals surface area contributed by atoms with Crippen molar-refractivity contribution in [3.63, 3.8) is 0 Å². The summed E-state index contributed by atoms with van der Waals surface area (Å²) in [6.07, 6.45) is 6.27. The first-order chi connectivity index (χ1) is 9.15. The summed E-state index contributed by atoms with van der Waals surface area (Å²) in [4.78, 5) is 16.8. The van der Waals surface area contributed by atoms with Crippen molar-refractivity contribution in [1.82, 2.24) is 15.1 Å². The van der Waals surface area contributed by atoms with Gasteiger partial charge in [0.05, 0.1) is 6.54 Å². The van der Waals surface area contributed by atoms with Crippen LogP contribution in [0.2, 0.25) is 0 Å². The van der Waals surface area contributed by atoms with Gasteiger partial charge in [-0.05, 0) is 26.7 Å². The number of piperazine rings is 1. The lowest BCUT2D eigenvalue weighted by atomic mass is 10.1. The van der Waals surface area contributed by atoms with Crippen LogP contribution in [-0.4, -0.2) is 60.5 Å². The van der Waals surface area contributed by atoms with E-state index in [9.17, 15) is 4.79 Å². The van der Waals surface area contributed by atoms with Crippen molar-refractivity contribution < 1.29 is 4.79 Å². The van der Waals surface area contributed by atoms with Crippen LogP contribution in [0.1, 0.15) is 46.0 Å². The highest BCUT2D eigenvalue weighted by molar-refractivity contribution is 5.78. The van der Waals surface area contributed by atoms with E-state index in [1.54, 1.807) is 0 Å². The number of nitrogens with zero attached hydrogens (tertiary/aromatic N) is 2. The number of hydrogen-bond acceptors (Lipinski definition) is 3. The first-order valence-corrected chi connectivity index (χ1v) is 7.91. The van der Waals surface area contributed by atoms with Gasteiger partial charge in [-0.3, -0.25) is 9.69 Å². The molecule has 2 rings (SSSR count). The fourth-order valence-corrected chi connectivity index (χ4v) is 3.36. The Balaban J connectivity index is 1.81. The Bertz CT molecular complexity index is 277. The van der Waals surface area contributed by atoms with E-state index in [4.69, 9.17) is 0 Å².